The molecule has 0 atom stereocenters. The van der Waals surface area contributed by atoms with Gasteiger partial charge in [-0.05, 0) is 6.92 Å². The fourth-order valence-corrected chi connectivity index (χ4v) is 0. The zero-order chi connectivity index (χ0) is 4.28. The molecule has 3 heteroatoms. The summed E-state index contributed by atoms with van der Waals surface area (Å²) in [5.74, 6) is 0. The molecule has 1 N–H and O–H groups in total. The smallest absolute Gasteiger partial charge is 0.0723 e. The zero-order valence-corrected chi connectivity index (χ0v) is 4.40. The molecule has 0 heterocycles. The molecule has 0 amide bonds. The van der Waals surface area contributed by atoms with Gasteiger partial charge in [0.15, 0.2) is 0 Å². The van der Waals surface area contributed by atoms with Gasteiger partial charge in [0, 0.05) is 12.0 Å². The van der Waals surface area contributed by atoms with E-state index in [9.17, 15) is 0 Å². The molecule has 5 heavy (non-hydrogen) atoms. The summed E-state index contributed by atoms with van der Waals surface area (Å²) in [7, 11) is 0. The van der Waals surface area contributed by atoms with Gasteiger partial charge in [-0.2, -0.15) is 0 Å². The van der Waals surface area contributed by atoms with Gasteiger partial charge in [-0.3, -0.25) is 0 Å². The summed E-state index contributed by atoms with van der Waals surface area (Å²) >= 11 is 5.02. The van der Waals surface area contributed by atoms with Gasteiger partial charge in [0.2, 0.25) is 0 Å². The van der Waals surface area contributed by atoms with Crippen LogP contribution in [0.5, 0.6) is 0 Å². The van der Waals surface area contributed by atoms with Crippen LogP contribution in [0.1, 0.15) is 6.92 Å². The van der Waals surface area contributed by atoms with E-state index in [4.69, 9.17) is 4.55 Å². The van der Waals surface area contributed by atoms with Crippen molar-refractivity contribution in [1.29, 1.82) is 0 Å². The second-order valence-corrected chi connectivity index (χ2v) is 2.25. The van der Waals surface area contributed by atoms with E-state index in [-0.39, 0.29) is 0 Å². The van der Waals surface area contributed by atoms with Gasteiger partial charge < -0.3 is 4.55 Å². The summed E-state index contributed by atoms with van der Waals surface area (Å²) in [6.07, 6.45) is 0. The first-order chi connectivity index (χ1) is 2.27. The topological polar surface area (TPSA) is 20.2 Å². The van der Waals surface area contributed by atoms with Crippen molar-refractivity contribution >= 4 is 28.5 Å². The lowest BCUT2D eigenvalue weighted by atomic mass is 11.0. The predicted molar refractivity (Wildman–Crippen MR) is 28.5 cm³/mol. The number of hydrogen-bond donors (Lipinski definition) is 1. The lowest BCUT2D eigenvalue weighted by Gasteiger charge is -1.74. The molecule has 0 aromatic rings. The molecular formula is C2H4OS2. The lowest BCUT2D eigenvalue weighted by Crippen LogP contribution is -1.67. The third-order valence-electron chi connectivity index (χ3n) is 0.129. The summed E-state index contributed by atoms with van der Waals surface area (Å²) in [5.41, 5.74) is 0. The lowest BCUT2D eigenvalue weighted by molar-refractivity contribution is 0.673. The first-order valence-electron chi connectivity index (χ1n) is 1.09. The highest BCUT2D eigenvalue weighted by Gasteiger charge is 1.74. The highest BCUT2D eigenvalue weighted by Crippen LogP contribution is 1.92. The second-order valence-electron chi connectivity index (χ2n) is 0.583. The van der Waals surface area contributed by atoms with E-state index in [0.717, 1.165) is 0 Å². The van der Waals surface area contributed by atoms with Crippen molar-refractivity contribution in [3.05, 3.63) is 0 Å². The van der Waals surface area contributed by atoms with Crippen LogP contribution in [0.4, 0.5) is 0 Å². The monoisotopic (exact) mass is 108 g/mol. The largest absolute Gasteiger partial charge is 0.325 e. The Bertz CT molecular complexity index is 42.9. The Balaban J connectivity index is 2.85. The van der Waals surface area contributed by atoms with Crippen molar-refractivity contribution in [2.75, 3.05) is 0 Å². The van der Waals surface area contributed by atoms with E-state index in [1.54, 1.807) is 6.92 Å². The third-order valence-corrected chi connectivity index (χ3v) is 0.609. The normalized spacial score (nSPS) is 7.60. The Labute approximate surface area is 40.6 Å². The van der Waals surface area contributed by atoms with Gasteiger partial charge >= 0.3 is 0 Å². The van der Waals surface area contributed by atoms with Crippen molar-refractivity contribution in [3.8, 4) is 0 Å². The van der Waals surface area contributed by atoms with E-state index < -0.39 is 0 Å². The molecule has 0 saturated heterocycles. The SMILES string of the molecule is CC(=S)SO. The minimum absolute atomic E-state index is 0.560. The van der Waals surface area contributed by atoms with Crippen molar-refractivity contribution in [2.24, 2.45) is 0 Å². The van der Waals surface area contributed by atoms with E-state index in [2.05, 4.69) is 12.2 Å². The summed E-state index contributed by atoms with van der Waals surface area (Å²) in [5, 5.41) is 0. The van der Waals surface area contributed by atoms with Gasteiger partial charge in [-0.25, -0.2) is 0 Å². The fourth-order valence-electron chi connectivity index (χ4n) is 0. The molecule has 0 bridgehead atoms. The molecule has 30 valence electrons. The van der Waals surface area contributed by atoms with Crippen LogP contribution in [0.15, 0.2) is 0 Å². The highest BCUT2D eigenvalue weighted by molar-refractivity contribution is 8.19. The van der Waals surface area contributed by atoms with Gasteiger partial charge in [0.25, 0.3) is 0 Å². The molecule has 0 aromatic heterocycles. The first-order valence-corrected chi connectivity index (χ1v) is 2.27. The molecule has 1 nitrogen and oxygen atoms in total. The van der Waals surface area contributed by atoms with Crippen LogP contribution in [0.25, 0.3) is 0 Å². The molecule has 0 fully saturated rings. The molecular weight excluding hydrogens is 104 g/mol. The zero-order valence-electron chi connectivity index (χ0n) is 2.76. The Kier molecular flexibility index (Phi) is 2.84. The standard InChI is InChI=1S/C2H4OS2/c1-2(4)5-3/h3H,1H3. The summed E-state index contributed by atoms with van der Waals surface area (Å²) in [6.45, 7) is 1.67. The molecule has 0 aliphatic heterocycles. The van der Waals surface area contributed by atoms with E-state index in [0.29, 0.717) is 16.2 Å². The molecule has 0 aliphatic rings. The fraction of sp³-hybridized carbons (Fsp3) is 0.500. The van der Waals surface area contributed by atoms with Gasteiger partial charge in [0.1, 0.15) is 0 Å². The molecule has 0 saturated carbocycles. The average Bonchev–Trinajstić information content (AvgIpc) is 1.38. The minimum Gasteiger partial charge on any atom is -0.325 e. The van der Waals surface area contributed by atoms with Crippen LogP contribution in [0, 0.1) is 0 Å². The van der Waals surface area contributed by atoms with Crippen molar-refractivity contribution in [1.82, 2.24) is 0 Å². The number of rotatable bonds is 0. The van der Waals surface area contributed by atoms with Crippen LogP contribution in [-0.4, -0.2) is 8.75 Å². The van der Waals surface area contributed by atoms with Crippen LogP contribution >= 0.6 is 24.3 Å². The third kappa shape index (κ3) is 4.40. The van der Waals surface area contributed by atoms with Crippen LogP contribution < -0.4 is 0 Å². The van der Waals surface area contributed by atoms with E-state index >= 15 is 0 Å². The van der Waals surface area contributed by atoms with Crippen LogP contribution in [-0.2, 0) is 0 Å². The Morgan fingerprint density at radius 1 is 2.00 bits per heavy atom. The Morgan fingerprint density at radius 2 is 2.20 bits per heavy atom. The maximum absolute atomic E-state index is 7.92. The molecule has 0 rings (SSSR count). The molecule has 0 radical (unpaired) electrons. The quantitative estimate of drug-likeness (QED) is 0.375. The van der Waals surface area contributed by atoms with E-state index in [1.807, 2.05) is 0 Å². The number of hydrogen-bond acceptors (Lipinski definition) is 3. The van der Waals surface area contributed by atoms with E-state index in [1.165, 1.54) is 0 Å². The van der Waals surface area contributed by atoms with Crippen LogP contribution in [0.2, 0.25) is 0 Å². The number of thiocarbonyl (C=S) groups is 1. The summed E-state index contributed by atoms with van der Waals surface area (Å²) in [6, 6.07) is 0. The molecule has 0 aromatic carbocycles. The van der Waals surface area contributed by atoms with Gasteiger partial charge in [-0.15, -0.1) is 0 Å². The second kappa shape index (κ2) is 2.63. The predicted octanol–water partition coefficient (Wildman–Crippen LogP) is 1.54. The van der Waals surface area contributed by atoms with Gasteiger partial charge in [-0.1, -0.05) is 12.2 Å². The Hall–Kier alpha value is 0.400. The highest BCUT2D eigenvalue weighted by atomic mass is 32.2. The molecule has 0 spiro atoms. The van der Waals surface area contributed by atoms with Crippen molar-refractivity contribution < 1.29 is 4.55 Å². The van der Waals surface area contributed by atoms with Gasteiger partial charge in [0.05, 0.1) is 4.20 Å². The molecule has 0 aliphatic carbocycles. The van der Waals surface area contributed by atoms with Crippen LogP contribution in [0.3, 0.4) is 0 Å². The maximum Gasteiger partial charge on any atom is 0.0723 e. The summed E-state index contributed by atoms with van der Waals surface area (Å²) in [4.78, 5) is 0. The van der Waals surface area contributed by atoms with Crippen molar-refractivity contribution in [2.45, 2.75) is 6.92 Å². The molecule has 0 unspecified atom stereocenters. The first kappa shape index (κ1) is 5.40. The summed E-state index contributed by atoms with van der Waals surface area (Å²) < 4.78 is 8.48. The Morgan fingerprint density at radius 3 is 2.20 bits per heavy atom. The minimum atomic E-state index is 0.560. The van der Waals surface area contributed by atoms with Crippen molar-refractivity contribution in [3.63, 3.8) is 0 Å². The maximum atomic E-state index is 7.92. The average molecular weight is 108 g/mol.